The summed E-state index contributed by atoms with van der Waals surface area (Å²) in [6.07, 6.45) is 6.56. The molecular formula is C20H34N3O4PS. The molecule has 0 aromatic carbocycles. The van der Waals surface area contributed by atoms with E-state index in [9.17, 15) is 9.59 Å². The fourth-order valence-corrected chi connectivity index (χ4v) is 4.27. The van der Waals surface area contributed by atoms with Crippen molar-refractivity contribution in [3.8, 4) is 0 Å². The van der Waals surface area contributed by atoms with Gasteiger partial charge in [0.05, 0.1) is 17.5 Å². The number of thiazole rings is 1. The molecule has 9 heteroatoms. The average molecular weight is 444 g/mol. The predicted octanol–water partition coefficient (Wildman–Crippen LogP) is 3.44. The Morgan fingerprint density at radius 3 is 2.55 bits per heavy atom. The van der Waals surface area contributed by atoms with Gasteiger partial charge in [-0.15, -0.1) is 11.3 Å². The van der Waals surface area contributed by atoms with Gasteiger partial charge in [0.1, 0.15) is 0 Å². The molecular weight excluding hydrogens is 409 g/mol. The lowest BCUT2D eigenvalue weighted by Crippen LogP contribution is -2.39. The lowest BCUT2D eigenvalue weighted by Gasteiger charge is -2.32. The van der Waals surface area contributed by atoms with E-state index in [1.807, 2.05) is 23.4 Å². The van der Waals surface area contributed by atoms with Crippen LogP contribution in [0.25, 0.3) is 0 Å². The van der Waals surface area contributed by atoms with Crippen LogP contribution in [0.3, 0.4) is 0 Å². The Balaban J connectivity index is 0.000000537. The molecule has 0 radical (unpaired) electrons. The highest BCUT2D eigenvalue weighted by atomic mass is 32.1. The number of carbonyl (C=O) groups is 2. The summed E-state index contributed by atoms with van der Waals surface area (Å²) in [7, 11) is 0.253. The molecule has 164 valence electrons. The molecule has 2 fully saturated rings. The third-order valence-electron chi connectivity index (χ3n) is 5.31. The maximum absolute atomic E-state index is 12.5. The molecule has 2 saturated heterocycles. The first kappa shape index (κ1) is 24.2. The molecule has 2 atom stereocenters. The minimum atomic E-state index is -0.218. The van der Waals surface area contributed by atoms with Crippen molar-refractivity contribution in [2.45, 2.75) is 51.0 Å². The zero-order chi connectivity index (χ0) is 21.1. The van der Waals surface area contributed by atoms with E-state index in [4.69, 9.17) is 9.47 Å². The molecule has 7 nitrogen and oxygen atoms in total. The number of nitrogens with zero attached hydrogens (tertiary/aromatic N) is 2. The molecule has 0 aliphatic carbocycles. The first-order valence-electron chi connectivity index (χ1n) is 10.3. The Hall–Kier alpha value is -1.08. The van der Waals surface area contributed by atoms with Crippen molar-refractivity contribution < 1.29 is 19.1 Å². The smallest absolute Gasteiger partial charge is 0.235 e. The van der Waals surface area contributed by atoms with E-state index in [0.717, 1.165) is 58.6 Å². The standard InChI is InChI=1S/C18H28N2O3S.C2H6NOP/c1-14(23-13-15-4-9-22-10-5-15)12-17(21)20-7-2-16(3-8-20)18-19-6-11-24-18;1-5-2(3)4/h6,11,14-16H,2-5,7-10,12-13H2,1H3;5H,1H3,(H2,3,4)/t14-;/m1./s1. The van der Waals surface area contributed by atoms with Crippen LogP contribution in [0.2, 0.25) is 0 Å². The van der Waals surface area contributed by atoms with Crippen LogP contribution in [0.5, 0.6) is 0 Å². The van der Waals surface area contributed by atoms with Gasteiger partial charge in [0, 0.05) is 50.4 Å². The van der Waals surface area contributed by atoms with Crippen LogP contribution in [0.4, 0.5) is 4.79 Å². The molecule has 1 aromatic rings. The van der Waals surface area contributed by atoms with Gasteiger partial charge in [0.25, 0.3) is 0 Å². The van der Waals surface area contributed by atoms with Gasteiger partial charge in [-0.05, 0) is 53.8 Å². The Labute approximate surface area is 179 Å². The second kappa shape index (κ2) is 13.3. The van der Waals surface area contributed by atoms with Crippen LogP contribution in [0.15, 0.2) is 11.6 Å². The second-order valence-electron chi connectivity index (χ2n) is 7.54. The van der Waals surface area contributed by atoms with Crippen LogP contribution in [0.1, 0.15) is 50.0 Å². The highest BCUT2D eigenvalue weighted by Gasteiger charge is 2.26. The van der Waals surface area contributed by atoms with Gasteiger partial charge >= 0.3 is 0 Å². The molecule has 2 aliphatic rings. The number of amides is 2. The van der Waals surface area contributed by atoms with Gasteiger partial charge in [0.2, 0.25) is 11.6 Å². The number of rotatable bonds is 7. The molecule has 1 unspecified atom stereocenters. The van der Waals surface area contributed by atoms with Gasteiger partial charge in [-0.2, -0.15) is 0 Å². The third kappa shape index (κ3) is 9.08. The molecule has 2 aliphatic heterocycles. The normalized spacial score (nSPS) is 19.7. The Morgan fingerprint density at radius 1 is 1.34 bits per heavy atom. The van der Waals surface area contributed by atoms with E-state index >= 15 is 0 Å². The highest BCUT2D eigenvalue weighted by molar-refractivity contribution is 7.56. The monoisotopic (exact) mass is 443 g/mol. The van der Waals surface area contributed by atoms with Gasteiger partial charge in [-0.1, -0.05) is 0 Å². The van der Waals surface area contributed by atoms with Crippen LogP contribution in [-0.2, 0) is 14.3 Å². The van der Waals surface area contributed by atoms with E-state index < -0.39 is 0 Å². The number of primary amides is 1. The maximum atomic E-state index is 12.5. The first-order chi connectivity index (χ1) is 14.0. The fraction of sp³-hybridized carbons (Fsp3) is 0.750. The van der Waals surface area contributed by atoms with Crippen molar-refractivity contribution in [2.75, 3.05) is 39.6 Å². The summed E-state index contributed by atoms with van der Waals surface area (Å²) in [5, 5.41) is 3.25. The highest BCUT2D eigenvalue weighted by Crippen LogP contribution is 2.29. The molecule has 0 bridgehead atoms. The van der Waals surface area contributed by atoms with E-state index in [2.05, 4.69) is 10.7 Å². The zero-order valence-electron chi connectivity index (χ0n) is 17.5. The summed E-state index contributed by atoms with van der Waals surface area (Å²) in [4.78, 5) is 28.5. The summed E-state index contributed by atoms with van der Waals surface area (Å²) < 4.78 is 11.3. The van der Waals surface area contributed by atoms with E-state index in [1.165, 1.54) is 5.01 Å². The number of hydrogen-bond acceptors (Lipinski definition) is 6. The number of hydrogen-bond donors (Lipinski definition) is 1. The molecule has 3 rings (SSSR count). The Morgan fingerprint density at radius 2 is 2.00 bits per heavy atom. The number of aromatic nitrogens is 1. The van der Waals surface area contributed by atoms with Crippen molar-refractivity contribution in [1.82, 2.24) is 9.88 Å². The molecule has 29 heavy (non-hydrogen) atoms. The van der Waals surface area contributed by atoms with Gasteiger partial charge < -0.3 is 20.1 Å². The molecule has 3 heterocycles. The quantitative estimate of drug-likeness (QED) is 0.652. The fourth-order valence-electron chi connectivity index (χ4n) is 3.46. The predicted molar refractivity (Wildman–Crippen MR) is 118 cm³/mol. The van der Waals surface area contributed by atoms with Crippen molar-refractivity contribution in [1.29, 1.82) is 0 Å². The third-order valence-corrected chi connectivity index (χ3v) is 6.74. The lowest BCUT2D eigenvalue weighted by molar-refractivity contribution is -0.135. The zero-order valence-corrected chi connectivity index (χ0v) is 19.3. The topological polar surface area (TPSA) is 94.8 Å². The van der Waals surface area contributed by atoms with Crippen LogP contribution in [-0.4, -0.2) is 67.1 Å². The first-order valence-corrected chi connectivity index (χ1v) is 12.7. The Kier molecular flexibility index (Phi) is 11.1. The largest absolute Gasteiger partial charge is 0.381 e. The summed E-state index contributed by atoms with van der Waals surface area (Å²) in [6, 6.07) is 0. The van der Waals surface area contributed by atoms with Gasteiger partial charge in [-0.25, -0.2) is 4.98 Å². The summed E-state index contributed by atoms with van der Waals surface area (Å²) in [5.74, 6) is 1.34. The lowest BCUT2D eigenvalue weighted by atomic mass is 9.97. The summed E-state index contributed by atoms with van der Waals surface area (Å²) >= 11 is 1.73. The summed E-state index contributed by atoms with van der Waals surface area (Å²) in [5.41, 5.74) is 4.45. The van der Waals surface area contributed by atoms with Crippen LogP contribution >= 0.6 is 19.9 Å². The molecule has 0 spiro atoms. The minimum absolute atomic E-state index is 0.00275. The van der Waals surface area contributed by atoms with Crippen LogP contribution < -0.4 is 5.73 Å². The Bertz CT molecular complexity index is 603. The number of carbonyl (C=O) groups excluding carboxylic acids is 2. The minimum Gasteiger partial charge on any atom is -0.381 e. The molecule has 0 saturated carbocycles. The second-order valence-corrected chi connectivity index (χ2v) is 9.46. The van der Waals surface area contributed by atoms with Crippen molar-refractivity contribution in [3.05, 3.63) is 16.6 Å². The van der Waals surface area contributed by atoms with Crippen LogP contribution in [0, 0.1) is 5.92 Å². The molecule has 2 amide bonds. The van der Waals surface area contributed by atoms with E-state index in [1.54, 1.807) is 18.0 Å². The number of likely N-dealkylation sites (tertiary alicyclic amines) is 1. The SMILES string of the molecule is CPC(N)=O.C[C@H](CC(=O)N1CCC(c2nccs2)CC1)OCC1CCOCC1. The number of ether oxygens (including phenoxy) is 2. The average Bonchev–Trinajstić information content (AvgIpc) is 3.28. The van der Waals surface area contributed by atoms with Crippen molar-refractivity contribution in [3.63, 3.8) is 0 Å². The molecule has 1 aromatic heterocycles. The number of nitrogens with two attached hydrogens (primary N) is 1. The van der Waals surface area contributed by atoms with E-state index in [0.29, 0.717) is 18.3 Å². The molecule has 2 N–H and O–H groups in total. The van der Waals surface area contributed by atoms with E-state index in [-0.39, 0.29) is 26.2 Å². The number of piperidine rings is 1. The maximum Gasteiger partial charge on any atom is 0.235 e. The van der Waals surface area contributed by atoms with Crippen molar-refractivity contribution >= 4 is 31.5 Å². The van der Waals surface area contributed by atoms with Crippen molar-refractivity contribution in [2.24, 2.45) is 11.7 Å². The van der Waals surface area contributed by atoms with Gasteiger partial charge in [-0.3, -0.25) is 9.59 Å². The summed E-state index contributed by atoms with van der Waals surface area (Å²) in [6.45, 7) is 7.89. The van der Waals surface area contributed by atoms with Gasteiger partial charge in [0.15, 0.2) is 0 Å².